The molecule has 2 rings (SSSR count). The molecule has 0 fully saturated rings. The molecule has 0 saturated heterocycles. The van der Waals surface area contributed by atoms with E-state index in [1.807, 2.05) is 0 Å². The third-order valence-corrected chi connectivity index (χ3v) is 2.57. The van der Waals surface area contributed by atoms with Crippen LogP contribution in [0.1, 0.15) is 0 Å². The molecule has 0 aromatic carbocycles. The first-order valence-electron chi connectivity index (χ1n) is 5.66. The first-order valence-corrected chi connectivity index (χ1v) is 5.66. The zero-order valence-electron chi connectivity index (χ0n) is 10.9. The van der Waals surface area contributed by atoms with Crippen LogP contribution >= 0.6 is 0 Å². The second-order valence-electron chi connectivity index (χ2n) is 3.74. The zero-order valence-corrected chi connectivity index (χ0v) is 10.9. The van der Waals surface area contributed by atoms with Gasteiger partial charge in [-0.05, 0) is 6.08 Å². The molecule has 0 atom stereocenters. The summed E-state index contributed by atoms with van der Waals surface area (Å²) in [5.74, 6) is 0. The number of fused-ring (bicyclic) bond motifs is 1. The highest BCUT2D eigenvalue weighted by molar-refractivity contribution is 5.67. The lowest BCUT2D eigenvalue weighted by Crippen LogP contribution is -2.39. The minimum Gasteiger partial charge on any atom is -0.337 e. The van der Waals surface area contributed by atoms with E-state index in [0.29, 0.717) is 0 Å². The van der Waals surface area contributed by atoms with Crippen molar-refractivity contribution < 1.29 is 9.78 Å². The number of aryl methyl sites for hydroxylation is 1. The first-order chi connectivity index (χ1) is 9.66. The summed E-state index contributed by atoms with van der Waals surface area (Å²) in [7, 11) is 2.88. The van der Waals surface area contributed by atoms with Gasteiger partial charge in [0.05, 0.1) is 13.7 Å². The van der Waals surface area contributed by atoms with Crippen LogP contribution in [0.25, 0.3) is 11.2 Å². The number of rotatable bonds is 4. The minimum atomic E-state index is -0.498. The SMILES string of the molecule is COOC=C=CCn1c(=O)c2nccnc2n(C)c1=O. The summed E-state index contributed by atoms with van der Waals surface area (Å²) in [6.07, 6.45) is 5.46. The molecule has 0 aliphatic heterocycles. The van der Waals surface area contributed by atoms with Crippen molar-refractivity contribution in [2.24, 2.45) is 7.05 Å². The second kappa shape index (κ2) is 5.96. The summed E-state index contributed by atoms with van der Waals surface area (Å²) in [5, 5.41) is 0. The van der Waals surface area contributed by atoms with Gasteiger partial charge in [-0.25, -0.2) is 14.8 Å². The van der Waals surface area contributed by atoms with Gasteiger partial charge in [-0.15, -0.1) is 0 Å². The fourth-order valence-electron chi connectivity index (χ4n) is 1.64. The molecule has 8 heteroatoms. The molecule has 0 radical (unpaired) electrons. The average Bonchev–Trinajstić information content (AvgIpc) is 2.48. The molecule has 2 heterocycles. The van der Waals surface area contributed by atoms with Gasteiger partial charge < -0.3 is 4.89 Å². The van der Waals surface area contributed by atoms with Crippen molar-refractivity contribution in [2.75, 3.05) is 7.11 Å². The lowest BCUT2D eigenvalue weighted by molar-refractivity contribution is -0.222. The Morgan fingerprint density at radius 2 is 2.10 bits per heavy atom. The van der Waals surface area contributed by atoms with Gasteiger partial charge in [-0.3, -0.25) is 13.9 Å². The summed E-state index contributed by atoms with van der Waals surface area (Å²) in [6.45, 7) is 0.0432. The van der Waals surface area contributed by atoms with Crippen LogP contribution in [0.15, 0.2) is 40.1 Å². The Kier molecular flexibility index (Phi) is 4.09. The summed E-state index contributed by atoms with van der Waals surface area (Å²) in [6, 6.07) is 0. The second-order valence-corrected chi connectivity index (χ2v) is 3.74. The summed E-state index contributed by atoms with van der Waals surface area (Å²) in [5.41, 5.74) is 2.03. The minimum absolute atomic E-state index is 0.0432. The van der Waals surface area contributed by atoms with Crippen molar-refractivity contribution in [3.63, 3.8) is 0 Å². The van der Waals surface area contributed by atoms with E-state index in [1.165, 1.54) is 37.2 Å². The smallest absolute Gasteiger partial charge is 0.332 e. The van der Waals surface area contributed by atoms with Crippen LogP contribution in [-0.4, -0.2) is 26.2 Å². The number of nitrogens with zero attached hydrogens (tertiary/aromatic N) is 4. The van der Waals surface area contributed by atoms with E-state index in [4.69, 9.17) is 0 Å². The van der Waals surface area contributed by atoms with Crippen molar-refractivity contribution in [2.45, 2.75) is 6.54 Å². The van der Waals surface area contributed by atoms with Gasteiger partial charge in [0.1, 0.15) is 0 Å². The van der Waals surface area contributed by atoms with E-state index in [2.05, 4.69) is 25.5 Å². The molecule has 2 aromatic rings. The van der Waals surface area contributed by atoms with Crippen LogP contribution < -0.4 is 11.2 Å². The van der Waals surface area contributed by atoms with Crippen molar-refractivity contribution in [3.8, 4) is 0 Å². The van der Waals surface area contributed by atoms with E-state index in [9.17, 15) is 9.59 Å². The topological polar surface area (TPSA) is 88.2 Å². The zero-order chi connectivity index (χ0) is 14.5. The fourth-order valence-corrected chi connectivity index (χ4v) is 1.64. The first kappa shape index (κ1) is 13.7. The summed E-state index contributed by atoms with van der Waals surface area (Å²) < 4.78 is 2.30. The number of allylic oxidation sites excluding steroid dienone is 1. The molecule has 0 unspecified atom stereocenters. The molecular formula is C12H12N4O4. The fraction of sp³-hybridized carbons (Fsp3) is 0.250. The monoisotopic (exact) mass is 276 g/mol. The van der Waals surface area contributed by atoms with Crippen molar-refractivity contribution in [3.05, 3.63) is 51.3 Å². The standard InChI is InChI=1S/C12H12N4O4/c1-15-10-9(13-5-6-14-10)11(17)16(12(15)18)7-3-4-8-20-19-2/h3,5-6,8H,7H2,1-2H3. The van der Waals surface area contributed by atoms with E-state index in [1.54, 1.807) is 0 Å². The molecule has 0 amide bonds. The van der Waals surface area contributed by atoms with E-state index < -0.39 is 11.2 Å². The molecule has 0 aliphatic rings. The summed E-state index contributed by atoms with van der Waals surface area (Å²) in [4.78, 5) is 41.0. The highest BCUT2D eigenvalue weighted by Gasteiger charge is 2.11. The Morgan fingerprint density at radius 1 is 1.35 bits per heavy atom. The van der Waals surface area contributed by atoms with Gasteiger partial charge >= 0.3 is 5.69 Å². The molecule has 0 aliphatic carbocycles. The van der Waals surface area contributed by atoms with E-state index in [0.717, 1.165) is 10.8 Å². The van der Waals surface area contributed by atoms with Crippen molar-refractivity contribution in [1.82, 2.24) is 19.1 Å². The van der Waals surface area contributed by atoms with Crippen molar-refractivity contribution >= 4 is 11.2 Å². The molecule has 0 saturated carbocycles. The van der Waals surface area contributed by atoms with E-state index in [-0.39, 0.29) is 17.7 Å². The van der Waals surface area contributed by atoms with Crippen LogP contribution in [-0.2, 0) is 23.4 Å². The van der Waals surface area contributed by atoms with Gasteiger partial charge in [0.2, 0.25) is 0 Å². The van der Waals surface area contributed by atoms with Gasteiger partial charge in [0.25, 0.3) is 5.56 Å². The maximum absolute atomic E-state index is 12.2. The predicted octanol–water partition coefficient (Wildman–Crippen LogP) is -0.263. The number of hydrogen-bond acceptors (Lipinski definition) is 6. The molecule has 0 N–H and O–H groups in total. The van der Waals surface area contributed by atoms with Crippen molar-refractivity contribution in [1.29, 1.82) is 0 Å². The third kappa shape index (κ3) is 2.51. The van der Waals surface area contributed by atoms with Gasteiger partial charge in [-0.2, -0.15) is 4.89 Å². The van der Waals surface area contributed by atoms with Crippen LogP contribution in [0, 0.1) is 0 Å². The maximum Gasteiger partial charge on any atom is 0.332 e. The Labute approximate surface area is 113 Å². The predicted molar refractivity (Wildman–Crippen MR) is 69.8 cm³/mol. The molecule has 8 nitrogen and oxygen atoms in total. The Morgan fingerprint density at radius 3 is 2.85 bits per heavy atom. The summed E-state index contributed by atoms with van der Waals surface area (Å²) >= 11 is 0. The molecule has 104 valence electrons. The average molecular weight is 276 g/mol. The molecule has 0 spiro atoms. The largest absolute Gasteiger partial charge is 0.337 e. The quantitative estimate of drug-likeness (QED) is 0.331. The maximum atomic E-state index is 12.2. The molecule has 2 aromatic heterocycles. The molecule has 0 bridgehead atoms. The van der Waals surface area contributed by atoms with Crippen LogP contribution in [0.4, 0.5) is 0 Å². The van der Waals surface area contributed by atoms with Crippen LogP contribution in [0.3, 0.4) is 0 Å². The highest BCUT2D eigenvalue weighted by Crippen LogP contribution is 1.97. The normalized spacial score (nSPS) is 10.1. The number of aromatic nitrogens is 4. The van der Waals surface area contributed by atoms with Gasteiger partial charge in [0, 0.05) is 19.4 Å². The Balaban J connectivity index is 2.52. The van der Waals surface area contributed by atoms with Gasteiger partial charge in [0.15, 0.2) is 17.4 Å². The third-order valence-electron chi connectivity index (χ3n) is 2.57. The lowest BCUT2D eigenvalue weighted by Gasteiger charge is -2.06. The van der Waals surface area contributed by atoms with Crippen LogP contribution in [0.2, 0.25) is 0 Å². The van der Waals surface area contributed by atoms with Crippen LogP contribution in [0.5, 0.6) is 0 Å². The molecular weight excluding hydrogens is 264 g/mol. The Bertz CT molecular complexity index is 799. The highest BCUT2D eigenvalue weighted by atomic mass is 17.2. The lowest BCUT2D eigenvalue weighted by atomic mass is 10.4. The van der Waals surface area contributed by atoms with Gasteiger partial charge in [-0.1, -0.05) is 5.73 Å². The Hall–Kier alpha value is -2.70. The number of hydrogen-bond donors (Lipinski definition) is 0. The molecule has 20 heavy (non-hydrogen) atoms. The van der Waals surface area contributed by atoms with E-state index >= 15 is 0 Å².